The minimum atomic E-state index is -1.34. The molecule has 0 fully saturated rings. The minimum Gasteiger partial charge on any atom is -0.524 e. The van der Waals surface area contributed by atoms with Gasteiger partial charge in [0.2, 0.25) is 0 Å². The Bertz CT molecular complexity index is 285. The molecule has 0 N–H and O–H groups in total. The van der Waals surface area contributed by atoms with E-state index in [2.05, 4.69) is 6.17 Å². The highest BCUT2D eigenvalue weighted by Gasteiger charge is 2.08. The molecule has 0 saturated carbocycles. The predicted molar refractivity (Wildman–Crippen MR) is 60.4 cm³/mol. The lowest BCUT2D eigenvalue weighted by Gasteiger charge is -2.16. The summed E-state index contributed by atoms with van der Waals surface area (Å²) in [5.41, 5.74) is 1.17. The van der Waals surface area contributed by atoms with Crippen LogP contribution in [0.1, 0.15) is 25.5 Å². The maximum atomic E-state index is 5.65. The van der Waals surface area contributed by atoms with E-state index in [1.807, 2.05) is 44.2 Å². The van der Waals surface area contributed by atoms with Crippen molar-refractivity contribution in [3.05, 3.63) is 35.9 Å². The lowest BCUT2D eigenvalue weighted by atomic mass is 10.1. The van der Waals surface area contributed by atoms with Crippen LogP contribution in [-0.4, -0.2) is 21.7 Å². The lowest BCUT2D eigenvalue weighted by Crippen LogP contribution is -2.15. The molecule has 0 spiro atoms. The van der Waals surface area contributed by atoms with Gasteiger partial charge in [0.15, 0.2) is 0 Å². The molecular formula is C11H16O2Si. The largest absolute Gasteiger partial charge is 0.524 e. The third-order valence-electron chi connectivity index (χ3n) is 1.88. The summed E-state index contributed by atoms with van der Waals surface area (Å²) in [7, 11) is -1.34. The van der Waals surface area contributed by atoms with Crippen molar-refractivity contribution in [3.63, 3.8) is 0 Å². The molecule has 0 aliphatic heterocycles. The van der Waals surface area contributed by atoms with Crippen molar-refractivity contribution in [2.45, 2.75) is 20.0 Å². The topological polar surface area (TPSA) is 18.5 Å². The molecule has 1 atom stereocenters. The van der Waals surface area contributed by atoms with Crippen molar-refractivity contribution in [2.24, 2.45) is 0 Å². The number of hydrogen-bond acceptors (Lipinski definition) is 2. The summed E-state index contributed by atoms with van der Waals surface area (Å²) < 4.78 is 10.9. The van der Waals surface area contributed by atoms with Crippen molar-refractivity contribution < 1.29 is 8.85 Å². The van der Waals surface area contributed by atoms with Gasteiger partial charge < -0.3 is 8.85 Å². The first-order chi connectivity index (χ1) is 6.74. The monoisotopic (exact) mass is 208 g/mol. The van der Waals surface area contributed by atoms with Gasteiger partial charge >= 0.3 is 8.90 Å². The Hall–Kier alpha value is -1.09. The average molecular weight is 208 g/mol. The molecule has 1 aromatic rings. The third-order valence-corrected chi connectivity index (χ3v) is 3.11. The van der Waals surface area contributed by atoms with E-state index in [0.29, 0.717) is 6.61 Å². The first-order valence-corrected chi connectivity index (χ1v) is 6.29. The van der Waals surface area contributed by atoms with E-state index < -0.39 is 8.90 Å². The van der Waals surface area contributed by atoms with Gasteiger partial charge in [-0.3, -0.25) is 0 Å². The first-order valence-electron chi connectivity index (χ1n) is 4.77. The Labute approximate surface area is 86.9 Å². The average Bonchev–Trinajstić information content (AvgIpc) is 2.19. The fourth-order valence-electron chi connectivity index (χ4n) is 1.18. The molecule has 76 valence electrons. The molecule has 14 heavy (non-hydrogen) atoms. The van der Waals surface area contributed by atoms with Crippen LogP contribution in [-0.2, 0) is 8.85 Å². The normalized spacial score (nSPS) is 11.9. The molecule has 1 aromatic carbocycles. The number of hydrogen-bond donors (Lipinski definition) is 0. The van der Waals surface area contributed by atoms with Crippen molar-refractivity contribution in [1.82, 2.24) is 0 Å². The molecule has 0 aliphatic rings. The summed E-state index contributed by atoms with van der Waals surface area (Å²) in [5.74, 6) is 0. The van der Waals surface area contributed by atoms with E-state index >= 15 is 0 Å². The Morgan fingerprint density at radius 1 is 1.36 bits per heavy atom. The minimum absolute atomic E-state index is 0.0640. The highest BCUT2D eigenvalue weighted by atomic mass is 28.3. The Morgan fingerprint density at radius 3 is 2.57 bits per heavy atom. The van der Waals surface area contributed by atoms with Crippen molar-refractivity contribution in [3.8, 4) is 0 Å². The third kappa shape index (κ3) is 3.34. The summed E-state index contributed by atoms with van der Waals surface area (Å²) in [6.45, 7) is 4.63. The summed E-state index contributed by atoms with van der Waals surface area (Å²) in [4.78, 5) is 0. The van der Waals surface area contributed by atoms with Crippen LogP contribution in [0.25, 0.3) is 0 Å². The lowest BCUT2D eigenvalue weighted by molar-refractivity contribution is 0.170. The van der Waals surface area contributed by atoms with Gasteiger partial charge in [-0.2, -0.15) is 0 Å². The van der Waals surface area contributed by atoms with Gasteiger partial charge in [-0.15, -0.1) is 0 Å². The standard InChI is InChI=1S/C11H16O2Si/c1-4-12-14(3)13-10(2)11-8-6-5-7-9-11/h5-10H,3-4H2,1-2H3. The van der Waals surface area contributed by atoms with Crippen molar-refractivity contribution in [1.29, 1.82) is 0 Å². The molecular weight excluding hydrogens is 192 g/mol. The Balaban J connectivity index is 2.50. The zero-order valence-corrected chi connectivity index (χ0v) is 9.69. The van der Waals surface area contributed by atoms with E-state index in [0.717, 1.165) is 0 Å². The zero-order valence-electron chi connectivity index (χ0n) is 8.69. The van der Waals surface area contributed by atoms with Crippen molar-refractivity contribution >= 4 is 15.1 Å². The second kappa shape index (κ2) is 5.60. The molecule has 0 bridgehead atoms. The molecule has 0 aromatic heterocycles. The van der Waals surface area contributed by atoms with E-state index in [-0.39, 0.29) is 6.10 Å². The van der Waals surface area contributed by atoms with Gasteiger partial charge in [0, 0.05) is 0 Å². The molecule has 0 heterocycles. The van der Waals surface area contributed by atoms with Gasteiger partial charge in [-0.05, 0) is 25.6 Å². The summed E-state index contributed by atoms with van der Waals surface area (Å²) in [6.07, 6.45) is 3.91. The molecule has 0 aliphatic carbocycles. The van der Waals surface area contributed by atoms with Crippen LogP contribution in [0.5, 0.6) is 0 Å². The van der Waals surface area contributed by atoms with E-state index in [1.54, 1.807) is 0 Å². The molecule has 0 saturated heterocycles. The predicted octanol–water partition coefficient (Wildman–Crippen LogP) is 2.30. The van der Waals surface area contributed by atoms with Crippen LogP contribution in [0.3, 0.4) is 0 Å². The fourth-order valence-corrected chi connectivity index (χ4v) is 2.10. The molecule has 1 rings (SSSR count). The van der Waals surface area contributed by atoms with Crippen LogP contribution in [0.15, 0.2) is 30.3 Å². The molecule has 0 radical (unpaired) electrons. The van der Waals surface area contributed by atoms with E-state index in [1.165, 1.54) is 5.56 Å². The smallest absolute Gasteiger partial charge is 0.472 e. The zero-order chi connectivity index (χ0) is 10.4. The number of rotatable bonds is 5. The second-order valence-corrected chi connectivity index (χ2v) is 4.24. The molecule has 0 amide bonds. The Morgan fingerprint density at radius 2 is 2.00 bits per heavy atom. The molecule has 2 nitrogen and oxygen atoms in total. The molecule has 1 unspecified atom stereocenters. The van der Waals surface area contributed by atoms with Crippen LogP contribution in [0.2, 0.25) is 0 Å². The summed E-state index contributed by atoms with van der Waals surface area (Å²) in [5, 5.41) is 0. The highest BCUT2D eigenvalue weighted by Crippen LogP contribution is 2.15. The van der Waals surface area contributed by atoms with Crippen LogP contribution >= 0.6 is 0 Å². The van der Waals surface area contributed by atoms with Gasteiger partial charge in [0.1, 0.15) is 6.10 Å². The maximum Gasteiger partial charge on any atom is 0.472 e. The van der Waals surface area contributed by atoms with Gasteiger partial charge in [-0.1, -0.05) is 30.3 Å². The van der Waals surface area contributed by atoms with E-state index in [4.69, 9.17) is 8.85 Å². The van der Waals surface area contributed by atoms with Gasteiger partial charge in [0.25, 0.3) is 0 Å². The Kier molecular flexibility index (Phi) is 4.39. The molecule has 3 heteroatoms. The second-order valence-electron chi connectivity index (χ2n) is 2.98. The fraction of sp³-hybridized carbons (Fsp3) is 0.364. The number of benzene rings is 1. The van der Waals surface area contributed by atoms with Crippen LogP contribution in [0, 0.1) is 0 Å². The SMILES string of the molecule is C=[Si](OCC)OC(C)c1ccccc1. The van der Waals surface area contributed by atoms with Crippen LogP contribution < -0.4 is 0 Å². The van der Waals surface area contributed by atoms with E-state index in [9.17, 15) is 0 Å². The van der Waals surface area contributed by atoms with Crippen LogP contribution in [0.4, 0.5) is 0 Å². The summed E-state index contributed by atoms with van der Waals surface area (Å²) >= 11 is 0. The quantitative estimate of drug-likeness (QED) is 0.691. The maximum absolute atomic E-state index is 5.65. The highest BCUT2D eigenvalue weighted by molar-refractivity contribution is 6.49. The van der Waals surface area contributed by atoms with Gasteiger partial charge in [0.05, 0.1) is 6.61 Å². The van der Waals surface area contributed by atoms with Gasteiger partial charge in [-0.25, -0.2) is 0 Å². The van der Waals surface area contributed by atoms with Crippen molar-refractivity contribution in [2.75, 3.05) is 6.61 Å². The summed E-state index contributed by atoms with van der Waals surface area (Å²) in [6, 6.07) is 10.1. The first kappa shape index (κ1) is 11.0.